The van der Waals surface area contributed by atoms with E-state index in [1.807, 2.05) is 30.3 Å². The van der Waals surface area contributed by atoms with Crippen molar-refractivity contribution in [2.45, 2.75) is 26.1 Å². The van der Waals surface area contributed by atoms with Crippen molar-refractivity contribution in [2.75, 3.05) is 6.54 Å². The van der Waals surface area contributed by atoms with Gasteiger partial charge in [0.1, 0.15) is 11.3 Å². The van der Waals surface area contributed by atoms with Crippen molar-refractivity contribution in [1.82, 2.24) is 34.9 Å². The van der Waals surface area contributed by atoms with E-state index in [1.165, 1.54) is 12.4 Å². The van der Waals surface area contributed by atoms with Gasteiger partial charge in [0.25, 0.3) is 11.5 Å². The van der Waals surface area contributed by atoms with Crippen LogP contribution in [0.1, 0.15) is 33.6 Å². The van der Waals surface area contributed by atoms with E-state index in [1.54, 1.807) is 4.90 Å². The Labute approximate surface area is 225 Å². The van der Waals surface area contributed by atoms with Crippen molar-refractivity contribution < 1.29 is 18.4 Å². The van der Waals surface area contributed by atoms with Gasteiger partial charge in [0.15, 0.2) is 11.6 Å². The van der Waals surface area contributed by atoms with Crippen molar-refractivity contribution in [3.8, 4) is 11.4 Å². The molecule has 1 aliphatic rings. The smallest absolute Gasteiger partial charge is 0.266 e. The lowest BCUT2D eigenvalue weighted by atomic mass is 10.1. The number of rotatable bonds is 7. The van der Waals surface area contributed by atoms with E-state index in [9.17, 15) is 23.2 Å². The van der Waals surface area contributed by atoms with Crippen LogP contribution in [-0.4, -0.2) is 48.0 Å². The number of benzene rings is 2. The molecule has 0 fully saturated rings. The molecule has 3 aromatic heterocycles. The number of amides is 2. The highest BCUT2D eigenvalue weighted by molar-refractivity contribution is 5.93. The molecule has 0 unspecified atom stereocenters. The molecule has 1 aliphatic heterocycles. The molecule has 0 spiro atoms. The van der Waals surface area contributed by atoms with E-state index in [-0.39, 0.29) is 31.0 Å². The molecule has 0 atom stereocenters. The summed E-state index contributed by atoms with van der Waals surface area (Å²) in [6.45, 7) is 0.701. The van der Waals surface area contributed by atoms with Crippen molar-refractivity contribution in [2.24, 2.45) is 0 Å². The van der Waals surface area contributed by atoms with Gasteiger partial charge in [-0.1, -0.05) is 24.3 Å². The number of H-pyrrole nitrogens is 2. The average molecular weight is 544 g/mol. The Hall–Kier alpha value is -5.13. The van der Waals surface area contributed by atoms with E-state index in [4.69, 9.17) is 0 Å². The average Bonchev–Trinajstić information content (AvgIpc) is 3.66. The van der Waals surface area contributed by atoms with Crippen LogP contribution in [0.15, 0.2) is 65.8 Å². The first-order valence-corrected chi connectivity index (χ1v) is 12.6. The number of aromatic amines is 2. The van der Waals surface area contributed by atoms with E-state index < -0.39 is 23.1 Å². The second-order valence-corrected chi connectivity index (χ2v) is 9.54. The van der Waals surface area contributed by atoms with Crippen LogP contribution in [0.2, 0.25) is 0 Å². The zero-order valence-corrected chi connectivity index (χ0v) is 21.1. The van der Waals surface area contributed by atoms with Crippen LogP contribution >= 0.6 is 0 Å². The summed E-state index contributed by atoms with van der Waals surface area (Å²) in [7, 11) is 0. The topological polar surface area (TPSA) is 129 Å². The van der Waals surface area contributed by atoms with E-state index in [0.29, 0.717) is 18.7 Å². The van der Waals surface area contributed by atoms with Crippen molar-refractivity contribution in [3.05, 3.63) is 105 Å². The number of nitrogens with one attached hydrogen (secondary N) is 3. The minimum absolute atomic E-state index is 0.0206. The lowest BCUT2D eigenvalue weighted by molar-refractivity contribution is -0.131. The van der Waals surface area contributed by atoms with Crippen LogP contribution in [0, 0.1) is 11.6 Å². The number of hydrogen-bond donors (Lipinski definition) is 3. The van der Waals surface area contributed by atoms with Crippen LogP contribution in [0.25, 0.3) is 22.3 Å². The number of carbonyl (C=O) groups is 2. The highest BCUT2D eigenvalue weighted by Crippen LogP contribution is 2.32. The summed E-state index contributed by atoms with van der Waals surface area (Å²) < 4.78 is 27.8. The highest BCUT2D eigenvalue weighted by Gasteiger charge is 2.29. The summed E-state index contributed by atoms with van der Waals surface area (Å²) in [4.78, 5) is 47.3. The van der Waals surface area contributed by atoms with Crippen molar-refractivity contribution in [1.29, 1.82) is 0 Å². The Bertz CT molecular complexity index is 1790. The van der Waals surface area contributed by atoms with Gasteiger partial charge in [0.05, 0.1) is 37.3 Å². The van der Waals surface area contributed by atoms with Crippen LogP contribution in [0.3, 0.4) is 0 Å². The Balaban J connectivity index is 1.06. The molecule has 10 nitrogen and oxygen atoms in total. The Morgan fingerprint density at radius 2 is 1.90 bits per heavy atom. The number of aromatic nitrogens is 5. The lowest BCUT2D eigenvalue weighted by Gasteiger charge is -2.16. The maximum absolute atomic E-state index is 13.5. The predicted octanol–water partition coefficient (Wildman–Crippen LogP) is 3.10. The quantitative estimate of drug-likeness (QED) is 0.291. The zero-order valence-electron chi connectivity index (χ0n) is 21.1. The molecule has 0 radical (unpaired) electrons. The summed E-state index contributed by atoms with van der Waals surface area (Å²) in [6.07, 6.45) is 2.38. The monoisotopic (exact) mass is 543 g/mol. The SMILES string of the molecule is O=C(NCCC(=O)N1Cc2[nH]nc(-c3cc4ccccc4[nH]3)c2C1)c1cncn(Cc2ccc(F)c(F)c2)c1=O. The Morgan fingerprint density at radius 3 is 2.73 bits per heavy atom. The fraction of sp³-hybridized carbons (Fsp3) is 0.179. The molecule has 40 heavy (non-hydrogen) atoms. The van der Waals surface area contributed by atoms with Gasteiger partial charge in [0.2, 0.25) is 5.91 Å². The van der Waals surface area contributed by atoms with Gasteiger partial charge in [-0.15, -0.1) is 0 Å². The standard InChI is InChI=1S/C28H23F2N7O3/c29-20-6-5-16(9-21(20)30)12-37-15-31-11-18(28(37)40)27(39)32-8-7-25(38)36-13-19-24(14-36)34-35-26(19)23-10-17-3-1-2-4-22(17)33-23/h1-6,9-11,15,33H,7-8,12-14H2,(H,32,39)(H,34,35). The van der Waals surface area contributed by atoms with E-state index in [2.05, 4.69) is 25.5 Å². The van der Waals surface area contributed by atoms with E-state index in [0.717, 1.165) is 56.4 Å². The van der Waals surface area contributed by atoms with Crippen LogP contribution in [-0.2, 0) is 24.4 Å². The van der Waals surface area contributed by atoms with Gasteiger partial charge in [-0.2, -0.15) is 5.10 Å². The summed E-state index contributed by atoms with van der Waals surface area (Å²) in [5.74, 6) is -2.87. The molecule has 2 aromatic carbocycles. The third-order valence-electron chi connectivity index (χ3n) is 6.90. The Kier molecular flexibility index (Phi) is 6.42. The first kappa shape index (κ1) is 25.2. The number of nitrogens with zero attached hydrogens (tertiary/aromatic N) is 4. The molecule has 12 heteroatoms. The fourth-order valence-electron chi connectivity index (χ4n) is 4.83. The molecule has 3 N–H and O–H groups in total. The number of halogens is 2. The molecule has 202 valence electrons. The molecular formula is C28H23F2N7O3. The largest absolute Gasteiger partial charge is 0.353 e. The molecule has 6 rings (SSSR count). The second kappa shape index (κ2) is 10.2. The van der Waals surface area contributed by atoms with Crippen LogP contribution < -0.4 is 10.9 Å². The molecule has 0 aliphatic carbocycles. The van der Waals surface area contributed by atoms with Gasteiger partial charge in [-0.05, 0) is 29.8 Å². The third kappa shape index (κ3) is 4.75. The summed E-state index contributed by atoms with van der Waals surface area (Å²) in [5, 5.41) is 11.1. The lowest BCUT2D eigenvalue weighted by Crippen LogP contribution is -2.36. The molecule has 4 heterocycles. The predicted molar refractivity (Wildman–Crippen MR) is 141 cm³/mol. The van der Waals surface area contributed by atoms with Crippen molar-refractivity contribution in [3.63, 3.8) is 0 Å². The van der Waals surface area contributed by atoms with Crippen LogP contribution in [0.4, 0.5) is 8.78 Å². The number of para-hydroxylation sites is 1. The number of carbonyl (C=O) groups excluding carboxylic acids is 2. The number of fused-ring (bicyclic) bond motifs is 2. The summed E-state index contributed by atoms with van der Waals surface area (Å²) >= 11 is 0. The van der Waals surface area contributed by atoms with E-state index >= 15 is 0 Å². The summed E-state index contributed by atoms with van der Waals surface area (Å²) in [5.41, 5.74) is 3.92. The van der Waals surface area contributed by atoms with Gasteiger partial charge in [-0.3, -0.25) is 24.0 Å². The van der Waals surface area contributed by atoms with Crippen LogP contribution in [0.5, 0.6) is 0 Å². The van der Waals surface area contributed by atoms with Gasteiger partial charge < -0.3 is 15.2 Å². The molecule has 0 saturated heterocycles. The first-order chi connectivity index (χ1) is 19.4. The van der Waals surface area contributed by atoms with Gasteiger partial charge >= 0.3 is 0 Å². The third-order valence-corrected chi connectivity index (χ3v) is 6.90. The zero-order chi connectivity index (χ0) is 27.8. The molecular weight excluding hydrogens is 520 g/mol. The molecule has 0 saturated carbocycles. The normalized spacial score (nSPS) is 12.6. The highest BCUT2D eigenvalue weighted by atomic mass is 19.2. The maximum Gasteiger partial charge on any atom is 0.266 e. The molecule has 2 amide bonds. The first-order valence-electron chi connectivity index (χ1n) is 12.6. The maximum atomic E-state index is 13.5. The Morgan fingerprint density at radius 1 is 1.05 bits per heavy atom. The van der Waals surface area contributed by atoms with Crippen molar-refractivity contribution >= 4 is 22.7 Å². The number of hydrogen-bond acceptors (Lipinski definition) is 5. The minimum Gasteiger partial charge on any atom is -0.353 e. The van der Waals surface area contributed by atoms with Gasteiger partial charge in [-0.25, -0.2) is 13.8 Å². The molecule has 0 bridgehead atoms. The second-order valence-electron chi connectivity index (χ2n) is 9.54. The fourth-order valence-corrected chi connectivity index (χ4v) is 4.83. The van der Waals surface area contributed by atoms with Gasteiger partial charge in [0, 0.05) is 35.6 Å². The minimum atomic E-state index is -1.03. The summed E-state index contributed by atoms with van der Waals surface area (Å²) in [6, 6.07) is 13.2. The molecule has 5 aromatic rings.